The quantitative estimate of drug-likeness (QED) is 0.616. The minimum Gasteiger partial charge on any atom is -0.377 e. The summed E-state index contributed by atoms with van der Waals surface area (Å²) in [5, 5.41) is 4.32. The molecule has 0 unspecified atom stereocenters. The Morgan fingerprint density at radius 1 is 1.28 bits per heavy atom. The summed E-state index contributed by atoms with van der Waals surface area (Å²) in [4.78, 5) is 23.6. The van der Waals surface area contributed by atoms with Crippen molar-refractivity contribution in [1.82, 2.24) is 9.97 Å². The Bertz CT molecular complexity index is 989. The third-order valence-corrected chi connectivity index (χ3v) is 6.24. The number of aromatic nitrogens is 2. The van der Waals surface area contributed by atoms with Gasteiger partial charge in [-0.25, -0.2) is 4.98 Å². The van der Waals surface area contributed by atoms with Crippen molar-refractivity contribution >= 4 is 33.6 Å². The Hall–Kier alpha value is -2.77. The molecule has 3 aromatic rings. The molecule has 1 N–H and O–H groups in total. The van der Waals surface area contributed by atoms with E-state index in [1.165, 1.54) is 16.9 Å². The van der Waals surface area contributed by atoms with Crippen LogP contribution in [0.25, 0.3) is 0 Å². The van der Waals surface area contributed by atoms with Gasteiger partial charge in [-0.3, -0.25) is 9.78 Å². The zero-order valence-corrected chi connectivity index (χ0v) is 17.4. The molecule has 1 atom stereocenters. The van der Waals surface area contributed by atoms with Crippen LogP contribution in [0.3, 0.4) is 0 Å². The average Bonchev–Trinajstić information content (AvgIpc) is 3.11. The molecule has 1 aliphatic rings. The number of aryl methyl sites for hydroxylation is 1. The summed E-state index contributed by atoms with van der Waals surface area (Å²) in [7, 11) is 0. The first-order valence-corrected chi connectivity index (χ1v) is 10.5. The van der Waals surface area contributed by atoms with Crippen LogP contribution in [0, 0.1) is 6.92 Å². The maximum absolute atomic E-state index is 11.8. The summed E-state index contributed by atoms with van der Waals surface area (Å²) >= 11 is 1.48. The van der Waals surface area contributed by atoms with Gasteiger partial charge in [0.05, 0.1) is 29.8 Å². The van der Waals surface area contributed by atoms with Gasteiger partial charge in [0.1, 0.15) is 0 Å². The number of rotatable bonds is 6. The summed E-state index contributed by atoms with van der Waals surface area (Å²) in [5.41, 5.74) is 4.09. The second-order valence-corrected chi connectivity index (χ2v) is 8.13. The van der Waals surface area contributed by atoms with Crippen molar-refractivity contribution < 1.29 is 9.53 Å². The fourth-order valence-corrected chi connectivity index (χ4v) is 4.62. The second kappa shape index (κ2) is 8.71. The molecular formula is C22H24N4O2S. The van der Waals surface area contributed by atoms with Crippen LogP contribution in [0.15, 0.2) is 48.8 Å². The van der Waals surface area contributed by atoms with E-state index < -0.39 is 0 Å². The first kappa shape index (κ1) is 19.5. The number of carbonyl (C=O) groups is 1. The van der Waals surface area contributed by atoms with Gasteiger partial charge in [0.15, 0.2) is 10.9 Å². The molecule has 6 nitrogen and oxygen atoms in total. The molecule has 1 fully saturated rings. The molecule has 150 valence electrons. The first-order valence-electron chi connectivity index (χ1n) is 9.69. The summed E-state index contributed by atoms with van der Waals surface area (Å²) in [6.07, 6.45) is 4.39. The predicted octanol–water partition coefficient (Wildman–Crippen LogP) is 4.24. The maximum Gasteiger partial charge on any atom is 0.186 e. The van der Waals surface area contributed by atoms with Crippen molar-refractivity contribution in [3.63, 3.8) is 0 Å². The van der Waals surface area contributed by atoms with Gasteiger partial charge in [-0.05, 0) is 43.2 Å². The molecule has 0 saturated carbocycles. The number of anilines is 3. The highest BCUT2D eigenvalue weighted by atomic mass is 32.1. The van der Waals surface area contributed by atoms with Crippen LogP contribution in [-0.2, 0) is 11.2 Å². The van der Waals surface area contributed by atoms with Crippen molar-refractivity contribution in [1.29, 1.82) is 0 Å². The number of nitrogens with zero attached hydrogens (tertiary/aromatic N) is 3. The van der Waals surface area contributed by atoms with Gasteiger partial charge in [-0.15, -0.1) is 0 Å². The van der Waals surface area contributed by atoms with Crippen molar-refractivity contribution in [2.24, 2.45) is 0 Å². The van der Waals surface area contributed by atoms with E-state index in [0.29, 0.717) is 13.2 Å². The molecule has 1 aliphatic heterocycles. The van der Waals surface area contributed by atoms with Gasteiger partial charge in [0.2, 0.25) is 0 Å². The number of carbonyl (C=O) groups excluding carboxylic acids is 1. The standard InChI is InChI=1S/C22H24N4O2S/c1-15-21(16(2)27)29-22(24-15)26-10-11-28-14-20(26)13-17-4-3-5-19(12-17)25-18-6-8-23-9-7-18/h3-9,12,20H,10-11,13-14H2,1-2H3,(H,23,25)/t20-/m0/s1. The monoisotopic (exact) mass is 408 g/mol. The number of benzene rings is 1. The molecule has 1 aromatic carbocycles. The third kappa shape index (κ3) is 4.63. The average molecular weight is 409 g/mol. The van der Waals surface area contributed by atoms with Crippen LogP contribution >= 0.6 is 11.3 Å². The van der Waals surface area contributed by atoms with Crippen LogP contribution < -0.4 is 10.2 Å². The number of thiazole rings is 1. The molecule has 3 heterocycles. The van der Waals surface area contributed by atoms with E-state index in [2.05, 4.69) is 44.5 Å². The molecule has 2 aromatic heterocycles. The lowest BCUT2D eigenvalue weighted by Gasteiger charge is -2.35. The molecule has 0 bridgehead atoms. The zero-order valence-electron chi connectivity index (χ0n) is 16.6. The fraction of sp³-hybridized carbons (Fsp3) is 0.318. The summed E-state index contributed by atoms with van der Waals surface area (Å²) in [6, 6.07) is 12.5. The minimum absolute atomic E-state index is 0.0750. The molecule has 0 radical (unpaired) electrons. The maximum atomic E-state index is 11.8. The van der Waals surface area contributed by atoms with Crippen LogP contribution in [0.2, 0.25) is 0 Å². The number of ether oxygens (including phenoxy) is 1. The number of morpholine rings is 1. The van der Waals surface area contributed by atoms with E-state index in [0.717, 1.165) is 40.0 Å². The number of nitrogens with one attached hydrogen (secondary N) is 1. The van der Waals surface area contributed by atoms with Gasteiger partial charge in [-0.2, -0.15) is 0 Å². The highest BCUT2D eigenvalue weighted by Crippen LogP contribution is 2.30. The molecule has 7 heteroatoms. The van der Waals surface area contributed by atoms with E-state index in [4.69, 9.17) is 4.74 Å². The van der Waals surface area contributed by atoms with E-state index in [1.807, 2.05) is 19.1 Å². The molecular weight excluding hydrogens is 384 g/mol. The Morgan fingerprint density at radius 2 is 2.10 bits per heavy atom. The van der Waals surface area contributed by atoms with Gasteiger partial charge in [0.25, 0.3) is 0 Å². The summed E-state index contributed by atoms with van der Waals surface area (Å²) in [6.45, 7) is 5.61. The van der Waals surface area contributed by atoms with Crippen molar-refractivity contribution in [3.05, 3.63) is 64.9 Å². The van der Waals surface area contributed by atoms with Crippen molar-refractivity contribution in [2.75, 3.05) is 30.0 Å². The molecule has 29 heavy (non-hydrogen) atoms. The molecule has 0 aliphatic carbocycles. The van der Waals surface area contributed by atoms with E-state index >= 15 is 0 Å². The summed E-state index contributed by atoms with van der Waals surface area (Å²) in [5.74, 6) is 0.0750. The number of ketones is 1. The molecule has 1 saturated heterocycles. The third-order valence-electron chi connectivity index (χ3n) is 4.95. The van der Waals surface area contributed by atoms with E-state index in [9.17, 15) is 4.79 Å². The number of Topliss-reactive ketones (excluding diaryl/α,β-unsaturated/α-hetero) is 1. The predicted molar refractivity (Wildman–Crippen MR) is 116 cm³/mol. The lowest BCUT2D eigenvalue weighted by atomic mass is 10.0. The highest BCUT2D eigenvalue weighted by Gasteiger charge is 2.27. The Morgan fingerprint density at radius 3 is 2.86 bits per heavy atom. The normalized spacial score (nSPS) is 16.6. The molecule has 0 amide bonds. The van der Waals surface area contributed by atoms with Crippen LogP contribution in [0.1, 0.15) is 27.9 Å². The lowest BCUT2D eigenvalue weighted by Crippen LogP contribution is -2.46. The minimum atomic E-state index is 0.0750. The first-order chi connectivity index (χ1) is 14.1. The Kier molecular flexibility index (Phi) is 5.87. The fourth-order valence-electron chi connectivity index (χ4n) is 3.56. The van der Waals surface area contributed by atoms with Gasteiger partial charge < -0.3 is 15.0 Å². The van der Waals surface area contributed by atoms with Crippen LogP contribution in [0.4, 0.5) is 16.5 Å². The van der Waals surface area contributed by atoms with Crippen molar-refractivity contribution in [2.45, 2.75) is 26.3 Å². The smallest absolute Gasteiger partial charge is 0.186 e. The van der Waals surface area contributed by atoms with E-state index in [-0.39, 0.29) is 11.8 Å². The lowest BCUT2D eigenvalue weighted by molar-refractivity contribution is 0.0940. The number of hydrogen-bond acceptors (Lipinski definition) is 7. The highest BCUT2D eigenvalue weighted by molar-refractivity contribution is 7.17. The Balaban J connectivity index is 1.52. The van der Waals surface area contributed by atoms with E-state index in [1.54, 1.807) is 19.3 Å². The molecule has 0 spiro atoms. The topological polar surface area (TPSA) is 67.3 Å². The van der Waals surface area contributed by atoms with Gasteiger partial charge in [-0.1, -0.05) is 23.5 Å². The van der Waals surface area contributed by atoms with Gasteiger partial charge in [0, 0.05) is 37.2 Å². The second-order valence-electron chi connectivity index (χ2n) is 7.15. The van der Waals surface area contributed by atoms with Crippen LogP contribution in [-0.4, -0.2) is 41.6 Å². The zero-order chi connectivity index (χ0) is 20.2. The van der Waals surface area contributed by atoms with Gasteiger partial charge >= 0.3 is 0 Å². The summed E-state index contributed by atoms with van der Waals surface area (Å²) < 4.78 is 5.76. The largest absolute Gasteiger partial charge is 0.377 e. The Labute approximate surface area is 174 Å². The number of pyridine rings is 1. The van der Waals surface area contributed by atoms with Crippen LogP contribution in [0.5, 0.6) is 0 Å². The molecule has 4 rings (SSSR count). The van der Waals surface area contributed by atoms with Crippen molar-refractivity contribution in [3.8, 4) is 0 Å². The SMILES string of the molecule is CC(=O)c1sc(N2CCOC[C@@H]2Cc2cccc(Nc3ccncc3)c2)nc1C. The number of hydrogen-bond donors (Lipinski definition) is 1.